The van der Waals surface area contributed by atoms with Crippen molar-refractivity contribution in [3.8, 4) is 0 Å². The summed E-state index contributed by atoms with van der Waals surface area (Å²) in [5.41, 5.74) is 3.67. The van der Waals surface area contributed by atoms with Gasteiger partial charge in [0.25, 0.3) is 0 Å². The number of carbonyl (C=O) groups is 1. The minimum absolute atomic E-state index is 0.260. The molecule has 4 rings (SSSR count). The highest BCUT2D eigenvalue weighted by Gasteiger charge is 2.28. The summed E-state index contributed by atoms with van der Waals surface area (Å²) < 4.78 is 2.91. The molecule has 3 aromatic carbocycles. The fourth-order valence-electron chi connectivity index (χ4n) is 3.98. The molecule has 5 nitrogen and oxygen atoms in total. The van der Waals surface area contributed by atoms with Gasteiger partial charge in [-0.2, -0.15) is 0 Å². The highest BCUT2D eigenvalue weighted by Crippen LogP contribution is 2.25. The van der Waals surface area contributed by atoms with Crippen molar-refractivity contribution in [2.75, 3.05) is 0 Å². The molecule has 4 aromatic rings. The van der Waals surface area contributed by atoms with Crippen molar-refractivity contribution >= 4 is 45.1 Å². The van der Waals surface area contributed by atoms with E-state index < -0.39 is 12.0 Å². The highest BCUT2D eigenvalue weighted by atomic mass is 79.9. The first-order valence-corrected chi connectivity index (χ1v) is 12.6. The second-order valence-corrected chi connectivity index (χ2v) is 10.1. The van der Waals surface area contributed by atoms with Gasteiger partial charge in [0.1, 0.15) is 6.04 Å². The van der Waals surface area contributed by atoms with Crippen molar-refractivity contribution in [1.82, 2.24) is 14.5 Å². The molecule has 8 heteroatoms. The summed E-state index contributed by atoms with van der Waals surface area (Å²) >= 11 is 16.0. The van der Waals surface area contributed by atoms with E-state index in [1.54, 1.807) is 18.5 Å². The van der Waals surface area contributed by atoms with Crippen LogP contribution in [0.2, 0.25) is 10.0 Å². The van der Waals surface area contributed by atoms with E-state index in [2.05, 4.69) is 33.0 Å². The first kappa shape index (κ1) is 25.5. The van der Waals surface area contributed by atoms with Crippen molar-refractivity contribution in [3.05, 3.63) is 122 Å². The number of rotatable bonds is 10. The lowest BCUT2D eigenvalue weighted by Gasteiger charge is -2.29. The lowest BCUT2D eigenvalue weighted by molar-refractivity contribution is -0.143. The van der Waals surface area contributed by atoms with Gasteiger partial charge in [0.15, 0.2) is 0 Å². The van der Waals surface area contributed by atoms with Crippen molar-refractivity contribution < 1.29 is 9.90 Å². The average molecular weight is 573 g/mol. The zero-order valence-electron chi connectivity index (χ0n) is 18.8. The number of aliphatic carboxylic acids is 1. The molecule has 0 aliphatic rings. The Morgan fingerprint density at radius 2 is 1.77 bits per heavy atom. The summed E-state index contributed by atoms with van der Waals surface area (Å²) in [6.07, 6.45) is 3.92. The number of hydrogen-bond acceptors (Lipinski definition) is 3. The second-order valence-electron chi connectivity index (χ2n) is 8.35. The number of halogens is 3. The van der Waals surface area contributed by atoms with Crippen molar-refractivity contribution in [3.63, 3.8) is 0 Å². The Morgan fingerprint density at radius 3 is 2.49 bits per heavy atom. The van der Waals surface area contributed by atoms with Gasteiger partial charge >= 0.3 is 5.97 Å². The van der Waals surface area contributed by atoms with E-state index in [0.29, 0.717) is 29.7 Å². The van der Waals surface area contributed by atoms with Gasteiger partial charge in [0.05, 0.1) is 12.0 Å². The third kappa shape index (κ3) is 7.18. The molecule has 1 heterocycles. The van der Waals surface area contributed by atoms with E-state index in [0.717, 1.165) is 26.9 Å². The molecular weight excluding hydrogens is 549 g/mol. The lowest BCUT2D eigenvalue weighted by Crippen LogP contribution is -2.42. The Morgan fingerprint density at radius 1 is 1.00 bits per heavy atom. The van der Waals surface area contributed by atoms with Crippen LogP contribution in [0.4, 0.5) is 0 Å². The molecule has 35 heavy (non-hydrogen) atoms. The molecular formula is C27H24BrCl2N3O2. The van der Waals surface area contributed by atoms with E-state index in [1.165, 1.54) is 0 Å². The monoisotopic (exact) mass is 571 g/mol. The molecule has 1 N–H and O–H groups in total. The maximum absolute atomic E-state index is 12.5. The van der Waals surface area contributed by atoms with Gasteiger partial charge in [-0.25, -0.2) is 4.98 Å². The molecule has 0 spiro atoms. The van der Waals surface area contributed by atoms with E-state index >= 15 is 0 Å². The van der Waals surface area contributed by atoms with Gasteiger partial charge in [-0.05, 0) is 41.0 Å². The summed E-state index contributed by atoms with van der Waals surface area (Å²) in [6.45, 7) is 1.46. The molecule has 0 saturated heterocycles. The topological polar surface area (TPSA) is 58.4 Å². The number of benzene rings is 3. The summed E-state index contributed by atoms with van der Waals surface area (Å²) in [5.74, 6) is -0.914. The lowest BCUT2D eigenvalue weighted by atomic mass is 10.1. The third-order valence-corrected chi connectivity index (χ3v) is 6.77. The van der Waals surface area contributed by atoms with Gasteiger partial charge in [0, 0.05) is 46.8 Å². The number of hydrogen-bond donors (Lipinski definition) is 1. The average Bonchev–Trinajstić information content (AvgIpc) is 3.26. The van der Waals surface area contributed by atoms with Crippen LogP contribution in [0, 0.1) is 0 Å². The predicted molar refractivity (Wildman–Crippen MR) is 143 cm³/mol. The first-order chi connectivity index (χ1) is 16.9. The van der Waals surface area contributed by atoms with Crippen LogP contribution in [0.3, 0.4) is 0 Å². The second kappa shape index (κ2) is 11.9. The Labute approximate surface area is 223 Å². The molecule has 1 unspecified atom stereocenters. The summed E-state index contributed by atoms with van der Waals surface area (Å²) in [7, 11) is 0. The molecule has 1 atom stereocenters. The Kier molecular flexibility index (Phi) is 8.63. The standard InChI is InChI=1S/C27H24BrCl2N3O2/c28-22-8-4-7-20(11-22)15-33(16-21-9-10-23(29)12-25(21)30)26(27(34)35)13-24-17-32(18-31-24)14-19-5-2-1-3-6-19/h1-12,17-18,26H,13-16H2,(H,34,35). The number of nitrogens with zero attached hydrogens (tertiary/aromatic N) is 3. The Balaban J connectivity index is 1.59. The van der Waals surface area contributed by atoms with E-state index in [-0.39, 0.29) is 6.42 Å². The van der Waals surface area contributed by atoms with Crippen molar-refractivity contribution in [2.24, 2.45) is 0 Å². The minimum atomic E-state index is -0.914. The normalized spacial score (nSPS) is 12.1. The number of aromatic nitrogens is 2. The molecule has 0 aliphatic heterocycles. The van der Waals surface area contributed by atoms with Gasteiger partial charge in [-0.15, -0.1) is 0 Å². The zero-order valence-corrected chi connectivity index (χ0v) is 21.9. The van der Waals surface area contributed by atoms with Gasteiger partial charge in [-0.3, -0.25) is 9.69 Å². The molecule has 0 aliphatic carbocycles. The van der Waals surface area contributed by atoms with Crippen molar-refractivity contribution in [2.45, 2.75) is 32.1 Å². The summed E-state index contributed by atoms with van der Waals surface area (Å²) in [4.78, 5) is 18.9. The highest BCUT2D eigenvalue weighted by molar-refractivity contribution is 9.10. The van der Waals surface area contributed by atoms with E-state index in [4.69, 9.17) is 23.2 Å². The van der Waals surface area contributed by atoms with E-state index in [1.807, 2.05) is 64.2 Å². The van der Waals surface area contributed by atoms with Crippen LogP contribution < -0.4 is 0 Å². The van der Waals surface area contributed by atoms with Gasteiger partial charge < -0.3 is 9.67 Å². The SMILES string of the molecule is O=C(O)C(Cc1cn(Cc2ccccc2)cn1)N(Cc1cccc(Br)c1)Cc1ccc(Cl)cc1Cl. The fourth-order valence-corrected chi connectivity index (χ4v) is 4.89. The molecule has 0 amide bonds. The number of carboxylic acid groups (broad SMARTS) is 1. The minimum Gasteiger partial charge on any atom is -0.480 e. The number of carboxylic acids is 1. The van der Waals surface area contributed by atoms with Crippen LogP contribution in [0.5, 0.6) is 0 Å². The van der Waals surface area contributed by atoms with Crippen molar-refractivity contribution in [1.29, 1.82) is 0 Å². The smallest absolute Gasteiger partial charge is 0.321 e. The molecule has 0 saturated carbocycles. The molecule has 1 aromatic heterocycles. The molecule has 0 fully saturated rings. The molecule has 0 radical (unpaired) electrons. The Hall–Kier alpha value is -2.64. The van der Waals surface area contributed by atoms with Crippen LogP contribution >= 0.6 is 39.1 Å². The fraction of sp³-hybridized carbons (Fsp3) is 0.185. The maximum Gasteiger partial charge on any atom is 0.321 e. The molecule has 0 bridgehead atoms. The van der Waals surface area contributed by atoms with E-state index in [9.17, 15) is 9.90 Å². The van der Waals surface area contributed by atoms with Crippen LogP contribution in [0.15, 0.2) is 89.8 Å². The molecule has 180 valence electrons. The Bertz CT molecular complexity index is 1300. The summed E-state index contributed by atoms with van der Waals surface area (Å²) in [5, 5.41) is 11.3. The third-order valence-electron chi connectivity index (χ3n) is 5.69. The van der Waals surface area contributed by atoms with Crippen LogP contribution in [0.1, 0.15) is 22.4 Å². The van der Waals surface area contributed by atoms with Gasteiger partial charge in [-0.1, -0.05) is 87.7 Å². The quantitative estimate of drug-likeness (QED) is 0.230. The summed E-state index contributed by atoms with van der Waals surface area (Å²) in [6, 6.07) is 22.4. The zero-order chi connectivity index (χ0) is 24.8. The van der Waals surface area contributed by atoms with Crippen LogP contribution in [-0.2, 0) is 30.8 Å². The number of imidazole rings is 1. The maximum atomic E-state index is 12.5. The van der Waals surface area contributed by atoms with Crippen LogP contribution in [0.25, 0.3) is 0 Å². The predicted octanol–water partition coefficient (Wildman–Crippen LogP) is 6.70. The first-order valence-electron chi connectivity index (χ1n) is 11.1. The largest absolute Gasteiger partial charge is 0.480 e. The van der Waals surface area contributed by atoms with Crippen LogP contribution in [-0.4, -0.2) is 31.6 Å². The van der Waals surface area contributed by atoms with Gasteiger partial charge in [0.2, 0.25) is 0 Å².